The van der Waals surface area contributed by atoms with E-state index >= 15 is 0 Å². The van der Waals surface area contributed by atoms with Crippen molar-refractivity contribution in [3.8, 4) is 0 Å². The van der Waals surface area contributed by atoms with E-state index in [9.17, 15) is 14.4 Å². The molecule has 0 aromatic heterocycles. The number of carbonyl (C=O) groups excluding carboxylic acids is 2. The first kappa shape index (κ1) is 11.6. The summed E-state index contributed by atoms with van der Waals surface area (Å²) in [6, 6.07) is 0. The number of rotatable bonds is 5. The molecule has 0 aromatic rings. The predicted octanol–water partition coefficient (Wildman–Crippen LogP) is 0.372. The van der Waals surface area contributed by atoms with Gasteiger partial charge in [0.25, 0.3) is 0 Å². The fraction of sp³-hybridized carbons (Fsp3) is 0.625. The second kappa shape index (κ2) is 5.29. The molecule has 0 aromatic carbocycles. The summed E-state index contributed by atoms with van der Waals surface area (Å²) in [5, 5.41) is 8.30. The molecule has 0 saturated heterocycles. The third-order valence-corrected chi connectivity index (χ3v) is 1.36. The molecule has 0 aliphatic carbocycles. The van der Waals surface area contributed by atoms with Crippen LogP contribution < -0.4 is 0 Å². The molecule has 1 unspecified atom stereocenters. The zero-order chi connectivity index (χ0) is 10.4. The number of aliphatic carboxylic acids is 1. The zero-order valence-corrected chi connectivity index (χ0v) is 7.57. The average Bonchev–Trinajstić information content (AvgIpc) is 1.98. The minimum Gasteiger partial charge on any atom is -0.481 e. The minimum atomic E-state index is -1.21. The number of carboxylic acids is 1. The maximum absolute atomic E-state index is 11.1. The van der Waals surface area contributed by atoms with Gasteiger partial charge in [0.05, 0.1) is 0 Å². The van der Waals surface area contributed by atoms with Crippen LogP contribution in [0.25, 0.3) is 0 Å². The zero-order valence-electron chi connectivity index (χ0n) is 7.57. The maximum Gasteiger partial charge on any atom is 0.311 e. The van der Waals surface area contributed by atoms with Crippen molar-refractivity contribution in [3.05, 3.63) is 0 Å². The Kier molecular flexibility index (Phi) is 4.72. The van der Waals surface area contributed by atoms with Crippen LogP contribution in [0.3, 0.4) is 0 Å². The number of hydrogen-bond acceptors (Lipinski definition) is 4. The first-order chi connectivity index (χ1) is 5.97. The van der Waals surface area contributed by atoms with E-state index in [2.05, 4.69) is 4.74 Å². The summed E-state index contributed by atoms with van der Waals surface area (Å²) in [4.78, 5) is 31.7. The molecule has 0 radical (unpaired) electrons. The minimum absolute atomic E-state index is 0.297. The van der Waals surface area contributed by atoms with Crippen LogP contribution in [0.4, 0.5) is 0 Å². The standard InChI is InChI=1S/C8H12O5/c1-3-7(13-5(2)9)6(10)4-8(11)12/h7H,3-4H2,1-2H3,(H,11,12). The molecule has 0 aliphatic rings. The Balaban J connectivity index is 4.15. The molecule has 0 aliphatic heterocycles. The molecule has 74 valence electrons. The SMILES string of the molecule is CCC(OC(C)=O)C(=O)CC(=O)O. The number of ketones is 1. The van der Waals surface area contributed by atoms with Gasteiger partial charge in [0.15, 0.2) is 11.9 Å². The van der Waals surface area contributed by atoms with Crippen molar-refractivity contribution in [2.45, 2.75) is 32.8 Å². The number of Topliss-reactive ketones (excluding diaryl/α,β-unsaturated/α-hetero) is 1. The molecule has 13 heavy (non-hydrogen) atoms. The van der Waals surface area contributed by atoms with Crippen molar-refractivity contribution in [2.24, 2.45) is 0 Å². The van der Waals surface area contributed by atoms with Gasteiger partial charge in [-0.1, -0.05) is 6.92 Å². The number of ether oxygens (including phenoxy) is 1. The van der Waals surface area contributed by atoms with Crippen LogP contribution >= 0.6 is 0 Å². The van der Waals surface area contributed by atoms with E-state index in [0.29, 0.717) is 6.42 Å². The van der Waals surface area contributed by atoms with E-state index in [1.807, 2.05) is 0 Å². The lowest BCUT2D eigenvalue weighted by Crippen LogP contribution is -2.27. The van der Waals surface area contributed by atoms with Crippen LogP contribution in [0.5, 0.6) is 0 Å². The Hall–Kier alpha value is -1.39. The van der Waals surface area contributed by atoms with Crippen molar-refractivity contribution >= 4 is 17.7 Å². The highest BCUT2D eigenvalue weighted by Gasteiger charge is 2.21. The summed E-state index contributed by atoms with van der Waals surface area (Å²) in [6.07, 6.45) is -1.23. The smallest absolute Gasteiger partial charge is 0.311 e. The summed E-state index contributed by atoms with van der Waals surface area (Å²) in [6.45, 7) is 2.82. The summed E-state index contributed by atoms with van der Waals surface area (Å²) in [5.41, 5.74) is 0. The van der Waals surface area contributed by atoms with Gasteiger partial charge in [-0.25, -0.2) is 0 Å². The number of esters is 1. The third-order valence-electron chi connectivity index (χ3n) is 1.36. The Morgan fingerprint density at radius 1 is 1.38 bits per heavy atom. The average molecular weight is 188 g/mol. The molecule has 0 bridgehead atoms. The van der Waals surface area contributed by atoms with Gasteiger partial charge in [0, 0.05) is 6.92 Å². The number of carbonyl (C=O) groups is 3. The van der Waals surface area contributed by atoms with E-state index in [0.717, 1.165) is 0 Å². The Bertz CT molecular complexity index is 221. The second-order valence-corrected chi connectivity index (χ2v) is 2.54. The van der Waals surface area contributed by atoms with Crippen LogP contribution in [0.1, 0.15) is 26.7 Å². The van der Waals surface area contributed by atoms with Gasteiger partial charge in [-0.2, -0.15) is 0 Å². The summed E-state index contributed by atoms with van der Waals surface area (Å²) in [5.74, 6) is -2.37. The summed E-state index contributed by atoms with van der Waals surface area (Å²) < 4.78 is 4.61. The normalized spacial score (nSPS) is 11.8. The molecule has 0 amide bonds. The van der Waals surface area contributed by atoms with Gasteiger partial charge in [-0.3, -0.25) is 14.4 Å². The highest BCUT2D eigenvalue weighted by Crippen LogP contribution is 2.03. The van der Waals surface area contributed by atoms with Crippen LogP contribution in [0.2, 0.25) is 0 Å². The van der Waals surface area contributed by atoms with Gasteiger partial charge in [-0.05, 0) is 6.42 Å². The molecule has 1 atom stereocenters. The lowest BCUT2D eigenvalue weighted by molar-refractivity contribution is -0.155. The van der Waals surface area contributed by atoms with E-state index < -0.39 is 30.2 Å². The second-order valence-electron chi connectivity index (χ2n) is 2.54. The molecule has 1 N–H and O–H groups in total. The lowest BCUT2D eigenvalue weighted by Gasteiger charge is -2.11. The first-order valence-corrected chi connectivity index (χ1v) is 3.89. The van der Waals surface area contributed by atoms with Gasteiger partial charge in [0.1, 0.15) is 6.42 Å². The summed E-state index contributed by atoms with van der Waals surface area (Å²) in [7, 11) is 0. The maximum atomic E-state index is 11.1. The molecule has 0 saturated carbocycles. The van der Waals surface area contributed by atoms with Gasteiger partial charge < -0.3 is 9.84 Å². The molecule has 0 spiro atoms. The van der Waals surface area contributed by atoms with Gasteiger partial charge >= 0.3 is 11.9 Å². The van der Waals surface area contributed by atoms with E-state index in [1.165, 1.54) is 6.92 Å². The highest BCUT2D eigenvalue weighted by molar-refractivity contribution is 5.97. The molecule has 5 nitrogen and oxygen atoms in total. The monoisotopic (exact) mass is 188 g/mol. The van der Waals surface area contributed by atoms with E-state index in [4.69, 9.17) is 5.11 Å². The fourth-order valence-electron chi connectivity index (χ4n) is 0.840. The molecular weight excluding hydrogens is 176 g/mol. The molecular formula is C8H12O5. The lowest BCUT2D eigenvalue weighted by atomic mass is 10.1. The van der Waals surface area contributed by atoms with Gasteiger partial charge in [0.2, 0.25) is 0 Å². The highest BCUT2D eigenvalue weighted by atomic mass is 16.5. The largest absolute Gasteiger partial charge is 0.481 e. The van der Waals surface area contributed by atoms with Crippen molar-refractivity contribution < 1.29 is 24.2 Å². The van der Waals surface area contributed by atoms with E-state index in [-0.39, 0.29) is 0 Å². The Labute approximate surface area is 75.7 Å². The van der Waals surface area contributed by atoms with Crippen molar-refractivity contribution in [3.63, 3.8) is 0 Å². The molecule has 5 heteroatoms. The third kappa shape index (κ3) is 4.95. The quantitative estimate of drug-likeness (QED) is 0.498. The first-order valence-electron chi connectivity index (χ1n) is 3.89. The molecule has 0 heterocycles. The Morgan fingerprint density at radius 3 is 2.23 bits per heavy atom. The Morgan fingerprint density at radius 2 is 1.92 bits per heavy atom. The molecule has 0 rings (SSSR count). The van der Waals surface area contributed by atoms with Crippen molar-refractivity contribution in [1.82, 2.24) is 0 Å². The predicted molar refractivity (Wildman–Crippen MR) is 43.1 cm³/mol. The van der Waals surface area contributed by atoms with E-state index in [1.54, 1.807) is 6.92 Å². The summed E-state index contributed by atoms with van der Waals surface area (Å²) >= 11 is 0. The topological polar surface area (TPSA) is 80.7 Å². The van der Waals surface area contributed by atoms with Crippen LogP contribution in [0, 0.1) is 0 Å². The van der Waals surface area contributed by atoms with Gasteiger partial charge in [-0.15, -0.1) is 0 Å². The van der Waals surface area contributed by atoms with Crippen molar-refractivity contribution in [2.75, 3.05) is 0 Å². The number of hydrogen-bond donors (Lipinski definition) is 1. The number of carboxylic acid groups (broad SMARTS) is 1. The fourth-order valence-corrected chi connectivity index (χ4v) is 0.840. The van der Waals surface area contributed by atoms with Crippen molar-refractivity contribution in [1.29, 1.82) is 0 Å². The van der Waals surface area contributed by atoms with Crippen LogP contribution in [0.15, 0.2) is 0 Å². The molecule has 0 fully saturated rings. The van der Waals surface area contributed by atoms with Crippen LogP contribution in [-0.4, -0.2) is 28.9 Å². The van der Waals surface area contributed by atoms with Crippen LogP contribution in [-0.2, 0) is 19.1 Å².